The summed E-state index contributed by atoms with van der Waals surface area (Å²) < 4.78 is 0. The number of amides is 1. The van der Waals surface area contributed by atoms with Crippen molar-refractivity contribution in [3.05, 3.63) is 0 Å². The maximum absolute atomic E-state index is 11.8. The van der Waals surface area contributed by atoms with Crippen LogP contribution in [-0.4, -0.2) is 29.4 Å². The molecule has 0 spiro atoms. The van der Waals surface area contributed by atoms with Crippen LogP contribution in [0.2, 0.25) is 0 Å². The average molecular weight is 196 g/mol. The SMILES string of the molecule is CC1(N)CCCN(C(=O)C2CC2)CC1. The zero-order valence-corrected chi connectivity index (χ0v) is 8.96. The van der Waals surface area contributed by atoms with Gasteiger partial charge in [-0.2, -0.15) is 0 Å². The predicted octanol–water partition coefficient (Wildman–Crippen LogP) is 1.13. The first-order valence-corrected chi connectivity index (χ1v) is 5.66. The number of carbonyl (C=O) groups excluding carboxylic acids is 1. The molecule has 2 rings (SSSR count). The lowest BCUT2D eigenvalue weighted by atomic mass is 9.95. The summed E-state index contributed by atoms with van der Waals surface area (Å²) in [5, 5.41) is 0. The molecule has 1 aliphatic heterocycles. The fraction of sp³-hybridized carbons (Fsp3) is 0.909. The van der Waals surface area contributed by atoms with Crippen LogP contribution < -0.4 is 5.73 Å². The van der Waals surface area contributed by atoms with Crippen molar-refractivity contribution < 1.29 is 4.79 Å². The van der Waals surface area contributed by atoms with Crippen molar-refractivity contribution in [2.24, 2.45) is 11.7 Å². The van der Waals surface area contributed by atoms with Crippen LogP contribution in [0.1, 0.15) is 39.0 Å². The predicted molar refractivity (Wildman–Crippen MR) is 55.7 cm³/mol. The normalized spacial score (nSPS) is 34.0. The van der Waals surface area contributed by atoms with E-state index >= 15 is 0 Å². The summed E-state index contributed by atoms with van der Waals surface area (Å²) in [5.74, 6) is 0.736. The molecule has 1 aliphatic carbocycles. The Labute approximate surface area is 85.6 Å². The first-order valence-electron chi connectivity index (χ1n) is 5.66. The number of likely N-dealkylation sites (tertiary alicyclic amines) is 1. The highest BCUT2D eigenvalue weighted by molar-refractivity contribution is 5.81. The van der Waals surface area contributed by atoms with E-state index in [0.717, 1.165) is 45.2 Å². The molecule has 1 saturated carbocycles. The Balaban J connectivity index is 1.91. The van der Waals surface area contributed by atoms with Crippen LogP contribution in [0.15, 0.2) is 0 Å². The van der Waals surface area contributed by atoms with E-state index in [2.05, 4.69) is 6.92 Å². The van der Waals surface area contributed by atoms with Crippen molar-refractivity contribution in [3.63, 3.8) is 0 Å². The lowest BCUT2D eigenvalue weighted by molar-refractivity contribution is -0.132. The third-order valence-corrected chi connectivity index (χ3v) is 3.37. The van der Waals surface area contributed by atoms with E-state index in [1.165, 1.54) is 0 Å². The van der Waals surface area contributed by atoms with Gasteiger partial charge >= 0.3 is 0 Å². The van der Waals surface area contributed by atoms with Crippen molar-refractivity contribution in [1.82, 2.24) is 4.90 Å². The summed E-state index contributed by atoms with van der Waals surface area (Å²) >= 11 is 0. The van der Waals surface area contributed by atoms with Crippen molar-refractivity contribution in [2.75, 3.05) is 13.1 Å². The Hall–Kier alpha value is -0.570. The second-order valence-electron chi connectivity index (χ2n) is 5.11. The van der Waals surface area contributed by atoms with Crippen LogP contribution in [0.3, 0.4) is 0 Å². The van der Waals surface area contributed by atoms with E-state index in [-0.39, 0.29) is 5.54 Å². The molecule has 1 atom stereocenters. The summed E-state index contributed by atoms with van der Waals surface area (Å²) in [7, 11) is 0. The molecule has 3 nitrogen and oxygen atoms in total. The van der Waals surface area contributed by atoms with Gasteiger partial charge in [0.15, 0.2) is 0 Å². The largest absolute Gasteiger partial charge is 0.342 e. The van der Waals surface area contributed by atoms with Gasteiger partial charge in [0.1, 0.15) is 0 Å². The maximum Gasteiger partial charge on any atom is 0.225 e. The minimum Gasteiger partial charge on any atom is -0.342 e. The van der Waals surface area contributed by atoms with Crippen LogP contribution >= 0.6 is 0 Å². The Morgan fingerprint density at radius 1 is 1.36 bits per heavy atom. The Morgan fingerprint density at radius 2 is 2.07 bits per heavy atom. The van der Waals surface area contributed by atoms with Gasteiger partial charge < -0.3 is 10.6 Å². The van der Waals surface area contributed by atoms with Gasteiger partial charge in [-0.05, 0) is 39.0 Å². The molecule has 0 radical (unpaired) electrons. The van der Waals surface area contributed by atoms with E-state index in [0.29, 0.717) is 11.8 Å². The van der Waals surface area contributed by atoms with Gasteiger partial charge in [-0.3, -0.25) is 4.79 Å². The molecule has 0 bridgehead atoms. The third-order valence-electron chi connectivity index (χ3n) is 3.37. The molecule has 2 aliphatic rings. The Bertz CT molecular complexity index is 233. The first-order chi connectivity index (χ1) is 6.58. The number of nitrogens with zero attached hydrogens (tertiary/aromatic N) is 1. The van der Waals surface area contributed by atoms with Crippen molar-refractivity contribution >= 4 is 5.91 Å². The number of carbonyl (C=O) groups is 1. The molecule has 1 heterocycles. The summed E-state index contributed by atoms with van der Waals surface area (Å²) in [4.78, 5) is 13.8. The molecule has 2 N–H and O–H groups in total. The zero-order chi connectivity index (χ0) is 10.2. The van der Waals surface area contributed by atoms with Crippen LogP contribution in [0.5, 0.6) is 0 Å². The summed E-state index contributed by atoms with van der Waals surface area (Å²) in [5.41, 5.74) is 6.04. The Morgan fingerprint density at radius 3 is 2.71 bits per heavy atom. The van der Waals surface area contributed by atoms with E-state index < -0.39 is 0 Å². The van der Waals surface area contributed by atoms with Gasteiger partial charge in [0.25, 0.3) is 0 Å². The fourth-order valence-electron chi connectivity index (χ4n) is 2.11. The molecule has 2 fully saturated rings. The zero-order valence-electron chi connectivity index (χ0n) is 8.96. The highest BCUT2D eigenvalue weighted by Gasteiger charge is 2.35. The quantitative estimate of drug-likeness (QED) is 0.683. The molecule has 1 unspecified atom stereocenters. The highest BCUT2D eigenvalue weighted by Crippen LogP contribution is 2.32. The van der Waals surface area contributed by atoms with E-state index in [9.17, 15) is 4.79 Å². The molecule has 3 heteroatoms. The fourth-order valence-corrected chi connectivity index (χ4v) is 2.11. The van der Waals surface area contributed by atoms with Gasteiger partial charge in [-0.25, -0.2) is 0 Å². The third kappa shape index (κ3) is 2.27. The minimum absolute atomic E-state index is 0.0570. The molecule has 0 aromatic heterocycles. The molecule has 1 saturated heterocycles. The summed E-state index contributed by atoms with van der Waals surface area (Å²) in [6.45, 7) is 3.88. The monoisotopic (exact) mass is 196 g/mol. The van der Waals surface area contributed by atoms with Crippen molar-refractivity contribution in [2.45, 2.75) is 44.6 Å². The molecule has 1 amide bonds. The van der Waals surface area contributed by atoms with Crippen LogP contribution in [0.4, 0.5) is 0 Å². The second-order valence-corrected chi connectivity index (χ2v) is 5.11. The summed E-state index contributed by atoms with van der Waals surface area (Å²) in [6, 6.07) is 0. The van der Waals surface area contributed by atoms with Crippen molar-refractivity contribution in [3.8, 4) is 0 Å². The van der Waals surface area contributed by atoms with Crippen LogP contribution in [-0.2, 0) is 4.79 Å². The summed E-state index contributed by atoms with van der Waals surface area (Å²) in [6.07, 6.45) is 5.27. The minimum atomic E-state index is -0.0570. The molecule has 0 aromatic rings. The van der Waals surface area contributed by atoms with Crippen LogP contribution in [0, 0.1) is 5.92 Å². The lowest BCUT2D eigenvalue weighted by Gasteiger charge is -2.23. The molecule has 80 valence electrons. The second kappa shape index (κ2) is 3.54. The topological polar surface area (TPSA) is 46.3 Å². The molecule has 0 aromatic carbocycles. The molecular formula is C11H20N2O. The Kier molecular flexibility index (Phi) is 2.52. The van der Waals surface area contributed by atoms with Crippen LogP contribution in [0.25, 0.3) is 0 Å². The van der Waals surface area contributed by atoms with Gasteiger partial charge in [0, 0.05) is 24.5 Å². The highest BCUT2D eigenvalue weighted by atomic mass is 16.2. The number of hydrogen-bond donors (Lipinski definition) is 1. The lowest BCUT2D eigenvalue weighted by Crippen LogP contribution is -2.38. The van der Waals surface area contributed by atoms with Gasteiger partial charge in [0.05, 0.1) is 0 Å². The van der Waals surface area contributed by atoms with E-state index in [1.54, 1.807) is 0 Å². The molecular weight excluding hydrogens is 176 g/mol. The van der Waals surface area contributed by atoms with E-state index in [1.807, 2.05) is 4.90 Å². The number of hydrogen-bond acceptors (Lipinski definition) is 2. The van der Waals surface area contributed by atoms with Gasteiger partial charge in [-0.15, -0.1) is 0 Å². The van der Waals surface area contributed by atoms with Crippen molar-refractivity contribution in [1.29, 1.82) is 0 Å². The maximum atomic E-state index is 11.8. The molecule has 14 heavy (non-hydrogen) atoms. The first kappa shape index (κ1) is 9.97. The number of rotatable bonds is 1. The van der Waals surface area contributed by atoms with E-state index in [4.69, 9.17) is 5.73 Å². The smallest absolute Gasteiger partial charge is 0.225 e. The van der Waals surface area contributed by atoms with Gasteiger partial charge in [-0.1, -0.05) is 0 Å². The number of nitrogens with two attached hydrogens (primary N) is 1. The standard InChI is InChI=1S/C11H20N2O/c1-11(12)5-2-7-13(8-6-11)10(14)9-3-4-9/h9H,2-8,12H2,1H3. The average Bonchev–Trinajstić information content (AvgIpc) is 2.90. The van der Waals surface area contributed by atoms with Gasteiger partial charge in [0.2, 0.25) is 5.91 Å².